The van der Waals surface area contributed by atoms with Gasteiger partial charge in [-0.25, -0.2) is 9.78 Å². The Morgan fingerprint density at radius 1 is 0.807 bits per heavy atom. The molecule has 0 saturated carbocycles. The van der Waals surface area contributed by atoms with Gasteiger partial charge in [-0.05, 0) is 86.1 Å². The van der Waals surface area contributed by atoms with Gasteiger partial charge in [0.25, 0.3) is 0 Å². The highest BCUT2D eigenvalue weighted by Gasteiger charge is 2.30. The maximum atomic E-state index is 13.2. The molecule has 1 amide bonds. The minimum Gasteiger partial charge on any atom is -0.481 e. The van der Waals surface area contributed by atoms with Crippen LogP contribution >= 0.6 is 0 Å². The van der Waals surface area contributed by atoms with E-state index in [-0.39, 0.29) is 49.7 Å². The molecule has 2 aliphatic rings. The number of nitrogens with one attached hydrogen (secondary N) is 3. The zero-order valence-corrected chi connectivity index (χ0v) is 32.6. The second kappa shape index (κ2) is 17.8. The summed E-state index contributed by atoms with van der Waals surface area (Å²) in [5, 5.41) is 39.9. The molecule has 57 heavy (non-hydrogen) atoms. The number of allylic oxidation sites excluding steroid dienone is 3. The van der Waals surface area contributed by atoms with E-state index in [0.717, 1.165) is 55.8 Å². The Morgan fingerprint density at radius 3 is 2.09 bits per heavy atom. The summed E-state index contributed by atoms with van der Waals surface area (Å²) in [6.07, 6.45) is 2.98. The summed E-state index contributed by atoms with van der Waals surface area (Å²) >= 11 is 0. The second-order valence-corrected chi connectivity index (χ2v) is 14.8. The highest BCUT2D eigenvalue weighted by molar-refractivity contribution is 5.97. The molecule has 0 radical (unpaired) electrons. The quantitative estimate of drug-likeness (QED) is 0.0794. The standard InChI is InChI=1S/C43H49N5O9/c1-7-27-21(3)31-15-32-23(5)29(10-9-26(50)13-25(20-49)14-41(52)53)37(46-32)18-38-30(11-12-40(51)48-39(43(56)57)19-42(54)55)24(6)34(47-38)17-36-28(8-2)22(4)33(45-36)16-35(27)44-31/h7-8,15-18,23,25,29,39,44,47,49H,1-2,9-14,19-20H2,3-6H3,(H,48,51)(H,52,53)(H,54,55)(H,56,57)/t23?,25?,29?,39-/m0/s1. The average Bonchev–Trinajstić information content (AvgIpc) is 3.81. The van der Waals surface area contributed by atoms with Crippen molar-refractivity contribution in [2.24, 2.45) is 5.92 Å². The Hall–Kier alpha value is -6.15. The number of ketones is 1. The van der Waals surface area contributed by atoms with Crippen LogP contribution in [-0.4, -0.2) is 82.6 Å². The molecular formula is C43H49N5O9. The topological polar surface area (TPSA) is 236 Å². The first kappa shape index (κ1) is 42.0. The number of carbonyl (C=O) groups excluding carboxylic acids is 2. The Bertz CT molecular complexity index is 2350. The molecule has 2 aliphatic heterocycles. The van der Waals surface area contributed by atoms with Crippen molar-refractivity contribution in [1.82, 2.24) is 25.3 Å². The first-order valence-corrected chi connectivity index (χ1v) is 18.8. The predicted molar refractivity (Wildman–Crippen MR) is 216 cm³/mol. The molecule has 3 aromatic rings. The SMILES string of the molecule is C=CC1=C(C)c2cc3[nH]c(cc4nc(cc5[nH]c(cc1n2)c(C)c5CCC(=O)N[C@@H](CC(=O)O)C(=O)O)C(CCC(=O)CC(CO)CC(=O)O)C4C)c(C)c3C=C. The largest absolute Gasteiger partial charge is 0.481 e. The summed E-state index contributed by atoms with van der Waals surface area (Å²) in [7, 11) is 0. The Kier molecular flexibility index (Phi) is 13.1. The van der Waals surface area contributed by atoms with E-state index in [1.807, 2.05) is 52.0 Å². The van der Waals surface area contributed by atoms with E-state index in [1.54, 1.807) is 12.2 Å². The number of aliphatic hydroxyl groups is 1. The fraction of sp³-hybridized carbons (Fsp3) is 0.372. The molecule has 14 nitrogen and oxygen atoms in total. The van der Waals surface area contributed by atoms with Crippen LogP contribution in [0.15, 0.2) is 43.5 Å². The van der Waals surface area contributed by atoms with Gasteiger partial charge in [-0.2, -0.15) is 0 Å². The third-order valence-corrected chi connectivity index (χ3v) is 11.0. The number of hydrogen-bond acceptors (Lipinski definition) is 8. The highest BCUT2D eigenvalue weighted by atomic mass is 16.4. The third-order valence-electron chi connectivity index (χ3n) is 11.0. The minimum atomic E-state index is -1.59. The van der Waals surface area contributed by atoms with Crippen LogP contribution in [0.1, 0.15) is 109 Å². The van der Waals surface area contributed by atoms with E-state index in [4.69, 9.17) is 15.1 Å². The van der Waals surface area contributed by atoms with Gasteiger partial charge in [0.2, 0.25) is 5.91 Å². The van der Waals surface area contributed by atoms with Crippen LogP contribution in [0.2, 0.25) is 0 Å². The summed E-state index contributed by atoms with van der Waals surface area (Å²) in [5.41, 5.74) is 11.0. The van der Waals surface area contributed by atoms with Crippen LogP contribution in [0.5, 0.6) is 0 Å². The number of carboxylic acid groups (broad SMARTS) is 3. The van der Waals surface area contributed by atoms with Crippen LogP contribution in [0.3, 0.4) is 0 Å². The van der Waals surface area contributed by atoms with E-state index in [9.17, 15) is 39.3 Å². The molecule has 7 N–H and O–H groups in total. The number of aromatic nitrogens is 4. The molecule has 0 aromatic carbocycles. The zero-order valence-electron chi connectivity index (χ0n) is 32.6. The van der Waals surface area contributed by atoms with Crippen LogP contribution in [0, 0.1) is 19.8 Å². The number of aliphatic hydroxyl groups excluding tert-OH is 1. The van der Waals surface area contributed by atoms with Crippen molar-refractivity contribution in [3.05, 3.63) is 88.5 Å². The lowest BCUT2D eigenvalue weighted by molar-refractivity contribution is -0.147. The van der Waals surface area contributed by atoms with E-state index < -0.39 is 48.8 Å². The predicted octanol–water partition coefficient (Wildman–Crippen LogP) is 6.38. The molecule has 0 saturated heterocycles. The maximum Gasteiger partial charge on any atom is 0.326 e. The lowest BCUT2D eigenvalue weighted by atomic mass is 9.85. The van der Waals surface area contributed by atoms with Crippen LogP contribution in [-0.2, 0) is 30.4 Å². The van der Waals surface area contributed by atoms with Crippen molar-refractivity contribution in [1.29, 1.82) is 0 Å². The number of aliphatic carboxylic acids is 3. The van der Waals surface area contributed by atoms with Crippen molar-refractivity contribution < 1.29 is 44.4 Å². The first-order valence-electron chi connectivity index (χ1n) is 18.8. The average molecular weight is 780 g/mol. The molecule has 8 bridgehead atoms. The number of carbonyl (C=O) groups is 5. The molecule has 0 spiro atoms. The number of rotatable bonds is 17. The molecule has 4 atom stereocenters. The Balaban J connectivity index is 1.69. The van der Waals surface area contributed by atoms with Crippen molar-refractivity contribution in [3.8, 4) is 0 Å². The molecule has 5 rings (SSSR count). The molecule has 3 unspecified atom stereocenters. The summed E-state index contributed by atoms with van der Waals surface area (Å²) in [6.45, 7) is 15.6. The highest BCUT2D eigenvalue weighted by Crippen LogP contribution is 2.41. The monoisotopic (exact) mass is 779 g/mol. The minimum absolute atomic E-state index is 0.0615. The van der Waals surface area contributed by atoms with Crippen molar-refractivity contribution >= 4 is 68.9 Å². The summed E-state index contributed by atoms with van der Waals surface area (Å²) < 4.78 is 0. The van der Waals surface area contributed by atoms with Gasteiger partial charge in [0.05, 0.1) is 24.2 Å². The smallest absolute Gasteiger partial charge is 0.326 e. The fourth-order valence-electron chi connectivity index (χ4n) is 7.69. The van der Waals surface area contributed by atoms with Gasteiger partial charge < -0.3 is 35.7 Å². The lowest BCUT2D eigenvalue weighted by Gasteiger charge is -2.16. The first-order chi connectivity index (χ1) is 27.0. The molecule has 5 heterocycles. The number of fused-ring (bicyclic) bond motifs is 8. The number of carboxylic acids is 3. The summed E-state index contributed by atoms with van der Waals surface area (Å²) in [4.78, 5) is 77.5. The number of Topliss-reactive ketones (excluding diaryl/α,β-unsaturated/α-hetero) is 1. The van der Waals surface area contributed by atoms with Gasteiger partial charge in [0.15, 0.2) is 0 Å². The second-order valence-electron chi connectivity index (χ2n) is 14.8. The van der Waals surface area contributed by atoms with Crippen molar-refractivity contribution in [3.63, 3.8) is 0 Å². The zero-order chi connectivity index (χ0) is 41.7. The maximum absolute atomic E-state index is 13.2. The van der Waals surface area contributed by atoms with E-state index >= 15 is 0 Å². The van der Waals surface area contributed by atoms with Gasteiger partial charge >= 0.3 is 17.9 Å². The molecular weight excluding hydrogens is 730 g/mol. The summed E-state index contributed by atoms with van der Waals surface area (Å²) in [5.74, 6) is -5.75. The fourth-order valence-corrected chi connectivity index (χ4v) is 7.69. The number of H-pyrrole nitrogens is 2. The number of nitrogens with zero attached hydrogens (tertiary/aromatic N) is 2. The lowest BCUT2D eigenvalue weighted by Crippen LogP contribution is -2.42. The van der Waals surface area contributed by atoms with Gasteiger partial charge in [-0.3, -0.25) is 24.2 Å². The molecule has 14 heteroatoms. The van der Waals surface area contributed by atoms with Gasteiger partial charge in [0.1, 0.15) is 11.8 Å². The number of amides is 1. The normalized spacial score (nSPS) is 16.2. The number of aryl methyl sites for hydroxylation is 3. The number of hydrogen-bond donors (Lipinski definition) is 7. The number of aromatic amines is 2. The summed E-state index contributed by atoms with van der Waals surface area (Å²) in [6, 6.07) is 6.19. The van der Waals surface area contributed by atoms with Gasteiger partial charge in [-0.15, -0.1) is 0 Å². The Morgan fingerprint density at radius 2 is 1.46 bits per heavy atom. The van der Waals surface area contributed by atoms with Crippen LogP contribution in [0.4, 0.5) is 0 Å². The molecule has 0 aliphatic carbocycles. The molecule has 0 fully saturated rings. The van der Waals surface area contributed by atoms with E-state index in [2.05, 4.69) is 28.4 Å². The van der Waals surface area contributed by atoms with E-state index in [0.29, 0.717) is 28.8 Å². The van der Waals surface area contributed by atoms with Crippen molar-refractivity contribution in [2.45, 2.75) is 90.5 Å². The molecule has 3 aromatic heterocycles. The van der Waals surface area contributed by atoms with Crippen LogP contribution < -0.4 is 5.32 Å². The van der Waals surface area contributed by atoms with Crippen molar-refractivity contribution in [2.75, 3.05) is 6.61 Å². The third kappa shape index (κ3) is 9.46. The van der Waals surface area contributed by atoms with E-state index in [1.165, 1.54) is 0 Å². The van der Waals surface area contributed by atoms with Crippen LogP contribution in [0.25, 0.3) is 39.3 Å². The Labute approximate surface area is 329 Å². The van der Waals surface area contributed by atoms with Gasteiger partial charge in [-0.1, -0.05) is 32.2 Å². The molecule has 300 valence electrons. The van der Waals surface area contributed by atoms with Gasteiger partial charge in [0, 0.05) is 82.3 Å².